The van der Waals surface area contributed by atoms with Gasteiger partial charge in [-0.05, 0) is 18.9 Å². The Bertz CT molecular complexity index is 687. The fourth-order valence-corrected chi connectivity index (χ4v) is 7.49. The monoisotopic (exact) mass is 377 g/mol. The summed E-state index contributed by atoms with van der Waals surface area (Å²) in [5.41, 5.74) is 3.86. The number of aliphatic hydroxyl groups is 1. The highest BCUT2D eigenvalue weighted by atomic mass is 79.9. The topological polar surface area (TPSA) is 23.2 Å². The van der Waals surface area contributed by atoms with E-state index in [0.717, 1.165) is 13.0 Å². The molecule has 0 bridgehead atoms. The predicted molar refractivity (Wildman–Crippen MR) is 94.5 cm³/mol. The molecule has 4 heteroatoms. The second kappa shape index (κ2) is 4.02. The highest BCUT2D eigenvalue weighted by Crippen LogP contribution is 2.79. The minimum absolute atomic E-state index is 0.0581. The van der Waals surface area contributed by atoms with E-state index in [9.17, 15) is 5.11 Å². The molecule has 2 nitrogen and oxygen atoms in total. The maximum atomic E-state index is 11.1. The van der Waals surface area contributed by atoms with Crippen molar-refractivity contribution in [2.75, 3.05) is 6.54 Å². The summed E-state index contributed by atoms with van der Waals surface area (Å²) >= 11 is 8.68. The molecule has 2 saturated heterocycles. The van der Waals surface area contributed by atoms with Crippen molar-refractivity contribution in [3.05, 3.63) is 47.5 Å². The molecule has 4 fully saturated rings. The average Bonchev–Trinajstić information content (AvgIpc) is 3.04. The van der Waals surface area contributed by atoms with Crippen molar-refractivity contribution >= 4 is 28.6 Å². The molecule has 1 aromatic carbocycles. The van der Waals surface area contributed by atoms with Crippen LogP contribution in [-0.4, -0.2) is 37.9 Å². The number of halogens is 1. The fourth-order valence-electron chi connectivity index (χ4n) is 5.76. The van der Waals surface area contributed by atoms with Gasteiger partial charge in [-0.2, -0.15) is 12.6 Å². The zero-order valence-corrected chi connectivity index (χ0v) is 15.0. The molecule has 8 atom stereocenters. The first-order valence-electron chi connectivity index (χ1n) is 8.00. The summed E-state index contributed by atoms with van der Waals surface area (Å²) in [6, 6.07) is 9.19. The number of nitrogens with zero attached hydrogens (tertiary/aromatic N) is 1. The van der Waals surface area contributed by atoms with Gasteiger partial charge in [0, 0.05) is 30.3 Å². The third-order valence-electron chi connectivity index (χ3n) is 6.68. The highest BCUT2D eigenvalue weighted by Gasteiger charge is 2.88. The molecule has 116 valence electrons. The van der Waals surface area contributed by atoms with Crippen LogP contribution in [0.4, 0.5) is 0 Å². The summed E-state index contributed by atoms with van der Waals surface area (Å²) in [6.45, 7) is 7.39. The van der Waals surface area contributed by atoms with Crippen molar-refractivity contribution in [1.29, 1.82) is 0 Å². The first kappa shape index (κ1) is 14.1. The molecule has 1 spiro atoms. The normalized spacial score (nSPS) is 54.5. The van der Waals surface area contributed by atoms with Gasteiger partial charge in [-0.15, -0.1) is 0 Å². The van der Waals surface area contributed by atoms with Crippen molar-refractivity contribution in [1.82, 2.24) is 4.90 Å². The molecule has 5 rings (SSSR count). The van der Waals surface area contributed by atoms with Crippen LogP contribution in [0.1, 0.15) is 23.5 Å². The summed E-state index contributed by atoms with van der Waals surface area (Å²) in [4.78, 5) is 2.54. The lowest BCUT2D eigenvalue weighted by atomic mass is 9.54. The minimum Gasteiger partial charge on any atom is -0.392 e. The third-order valence-corrected chi connectivity index (χ3v) is 8.18. The Labute approximate surface area is 145 Å². The lowest BCUT2D eigenvalue weighted by Gasteiger charge is -2.58. The molecule has 2 aliphatic carbocycles. The molecule has 8 unspecified atom stereocenters. The van der Waals surface area contributed by atoms with Crippen LogP contribution in [0.25, 0.3) is 0 Å². The van der Waals surface area contributed by atoms with Crippen molar-refractivity contribution in [3.63, 3.8) is 0 Å². The van der Waals surface area contributed by atoms with E-state index in [1.54, 1.807) is 0 Å². The lowest BCUT2D eigenvalue weighted by molar-refractivity contribution is -0.0368. The van der Waals surface area contributed by atoms with Gasteiger partial charge < -0.3 is 5.11 Å². The molecule has 4 aliphatic rings. The van der Waals surface area contributed by atoms with Gasteiger partial charge in [0.25, 0.3) is 0 Å². The molecule has 1 aromatic rings. The number of piperidine rings is 1. The number of benzene rings is 1. The molecular weight excluding hydrogens is 358 g/mol. The minimum atomic E-state index is -0.302. The number of thiol groups is 1. The van der Waals surface area contributed by atoms with Gasteiger partial charge in [0.15, 0.2) is 0 Å². The fraction of sp³-hybridized carbons (Fsp3) is 0.556. The zero-order chi connectivity index (χ0) is 15.4. The maximum absolute atomic E-state index is 11.1. The van der Waals surface area contributed by atoms with E-state index >= 15 is 0 Å². The largest absolute Gasteiger partial charge is 0.392 e. The number of hydrogen-bond acceptors (Lipinski definition) is 3. The Kier molecular flexibility index (Phi) is 2.58. The van der Waals surface area contributed by atoms with Crippen LogP contribution in [0, 0.1) is 18.8 Å². The first-order valence-corrected chi connectivity index (χ1v) is 9.24. The number of rotatable bonds is 1. The number of aryl methyl sites for hydroxylation is 1. The van der Waals surface area contributed by atoms with E-state index in [2.05, 4.69) is 58.6 Å². The molecule has 2 saturated carbocycles. The Hall–Kier alpha value is -0.290. The summed E-state index contributed by atoms with van der Waals surface area (Å²) in [6.07, 6.45) is 0.634. The Morgan fingerprint density at radius 2 is 2.00 bits per heavy atom. The van der Waals surface area contributed by atoms with E-state index in [4.69, 9.17) is 12.6 Å². The van der Waals surface area contributed by atoms with E-state index in [1.165, 1.54) is 16.7 Å². The highest BCUT2D eigenvalue weighted by molar-refractivity contribution is 9.11. The third kappa shape index (κ3) is 1.34. The van der Waals surface area contributed by atoms with E-state index in [1.807, 2.05) is 0 Å². The van der Waals surface area contributed by atoms with Crippen LogP contribution in [0.3, 0.4) is 0 Å². The summed E-state index contributed by atoms with van der Waals surface area (Å²) in [5.74, 6) is 0.865. The molecule has 2 heterocycles. The van der Waals surface area contributed by atoms with E-state index in [-0.39, 0.29) is 21.2 Å². The van der Waals surface area contributed by atoms with Crippen molar-refractivity contribution in [3.8, 4) is 0 Å². The SMILES string of the molecule is C=C1CN2C3C1C(c1ccc(C)cc1)C(O)C1CC(S)(Br)C132. The van der Waals surface area contributed by atoms with E-state index in [0.29, 0.717) is 17.9 Å². The molecular formula is C18H20BrNOS. The van der Waals surface area contributed by atoms with Gasteiger partial charge in [0.2, 0.25) is 0 Å². The number of alkyl halides is 1. The number of aliphatic hydroxyl groups excluding tert-OH is 1. The molecule has 0 radical (unpaired) electrons. The lowest BCUT2D eigenvalue weighted by Crippen LogP contribution is -2.67. The van der Waals surface area contributed by atoms with Crippen LogP contribution in [0.5, 0.6) is 0 Å². The Balaban J connectivity index is 1.61. The van der Waals surface area contributed by atoms with Crippen LogP contribution in [0.2, 0.25) is 0 Å². The summed E-state index contributed by atoms with van der Waals surface area (Å²) in [7, 11) is 0. The van der Waals surface area contributed by atoms with Crippen molar-refractivity contribution in [2.45, 2.75) is 40.6 Å². The van der Waals surface area contributed by atoms with Crippen molar-refractivity contribution in [2.24, 2.45) is 11.8 Å². The predicted octanol–water partition coefficient (Wildman–Crippen LogP) is 3.10. The quantitative estimate of drug-likeness (QED) is 0.340. The van der Waals surface area contributed by atoms with Crippen LogP contribution in [0.15, 0.2) is 36.4 Å². The molecule has 0 aromatic heterocycles. The molecule has 0 amide bonds. The Morgan fingerprint density at radius 3 is 2.64 bits per heavy atom. The van der Waals surface area contributed by atoms with Crippen molar-refractivity contribution < 1.29 is 5.11 Å². The van der Waals surface area contributed by atoms with Gasteiger partial charge in [-0.1, -0.05) is 57.9 Å². The molecule has 1 N–H and O–H groups in total. The van der Waals surface area contributed by atoms with Crippen LogP contribution in [-0.2, 0) is 0 Å². The molecule has 2 aliphatic heterocycles. The zero-order valence-electron chi connectivity index (χ0n) is 12.5. The van der Waals surface area contributed by atoms with Gasteiger partial charge in [-0.3, -0.25) is 4.90 Å². The summed E-state index contributed by atoms with van der Waals surface area (Å²) < 4.78 is -0.145. The van der Waals surface area contributed by atoms with E-state index < -0.39 is 0 Å². The second-order valence-corrected chi connectivity index (χ2v) is 10.3. The molecule has 22 heavy (non-hydrogen) atoms. The van der Waals surface area contributed by atoms with Gasteiger partial charge in [0.05, 0.1) is 15.3 Å². The average molecular weight is 378 g/mol. The van der Waals surface area contributed by atoms with Crippen LogP contribution < -0.4 is 0 Å². The standard InChI is InChI=1S/C18H20BrNOS/c1-9-3-5-11(6-4-9)14-13-10(2)8-20-16(13)18(20)12(15(14)21)7-17(18,19)22/h3-6,12-16,21-22H,2,7-8H2,1H3. The van der Waals surface area contributed by atoms with Gasteiger partial charge >= 0.3 is 0 Å². The van der Waals surface area contributed by atoms with Gasteiger partial charge in [-0.25, -0.2) is 0 Å². The van der Waals surface area contributed by atoms with Gasteiger partial charge in [0.1, 0.15) is 0 Å². The maximum Gasteiger partial charge on any atom is 0.0885 e. The Morgan fingerprint density at radius 1 is 1.32 bits per heavy atom. The van der Waals surface area contributed by atoms with Crippen LogP contribution >= 0.6 is 28.6 Å². The first-order chi connectivity index (χ1) is 10.4. The second-order valence-electron chi connectivity index (χ2n) is 7.58. The number of hydrogen-bond donors (Lipinski definition) is 2. The smallest absolute Gasteiger partial charge is 0.0885 e. The summed E-state index contributed by atoms with van der Waals surface area (Å²) in [5, 5.41) is 11.1.